The molecule has 0 saturated heterocycles. The van der Waals surface area contributed by atoms with E-state index in [1.807, 2.05) is 0 Å². The van der Waals surface area contributed by atoms with Crippen LogP contribution in [0.3, 0.4) is 0 Å². The van der Waals surface area contributed by atoms with Crippen LogP contribution >= 0.6 is 0 Å². The number of rotatable bonds is 1. The minimum atomic E-state index is -0.847. The molecule has 0 unspecified atom stereocenters. The van der Waals surface area contributed by atoms with E-state index in [2.05, 4.69) is 13.8 Å². The molecule has 3 nitrogen and oxygen atoms in total. The summed E-state index contributed by atoms with van der Waals surface area (Å²) in [6.45, 7) is 7.65. The quantitative estimate of drug-likeness (QED) is 0.673. The summed E-state index contributed by atoms with van der Waals surface area (Å²) in [5, 5.41) is 10.2. The highest BCUT2D eigenvalue weighted by atomic mass is 16.6. The number of aliphatic hydroxyl groups is 1. The van der Waals surface area contributed by atoms with Crippen LogP contribution in [0.5, 0.6) is 0 Å². The molecule has 1 N–H and O–H groups in total. The molecule has 0 aliphatic heterocycles. The number of ether oxygens (including phenoxy) is 1. The van der Waals surface area contributed by atoms with E-state index in [9.17, 15) is 9.90 Å². The van der Waals surface area contributed by atoms with Gasteiger partial charge in [0.1, 0.15) is 6.10 Å². The van der Waals surface area contributed by atoms with Gasteiger partial charge < -0.3 is 9.84 Å². The van der Waals surface area contributed by atoms with Crippen molar-refractivity contribution in [3.63, 3.8) is 0 Å². The van der Waals surface area contributed by atoms with E-state index in [0.29, 0.717) is 17.3 Å². The first kappa shape index (κ1) is 10.9. The summed E-state index contributed by atoms with van der Waals surface area (Å²) in [4.78, 5) is 10.9. The van der Waals surface area contributed by atoms with Gasteiger partial charge in [-0.05, 0) is 37.0 Å². The molecule has 2 aliphatic rings. The van der Waals surface area contributed by atoms with E-state index in [1.54, 1.807) is 6.92 Å². The van der Waals surface area contributed by atoms with Gasteiger partial charge in [-0.1, -0.05) is 13.8 Å². The molecular formula is C12H20O3. The summed E-state index contributed by atoms with van der Waals surface area (Å²) in [5.41, 5.74) is -0.528. The van der Waals surface area contributed by atoms with Crippen LogP contribution in [0.15, 0.2) is 0 Å². The van der Waals surface area contributed by atoms with Crippen LogP contribution in [0.1, 0.15) is 40.5 Å². The first-order valence-electron chi connectivity index (χ1n) is 5.65. The molecule has 86 valence electrons. The molecule has 0 aromatic carbocycles. The molecule has 2 fully saturated rings. The number of hydrogen-bond donors (Lipinski definition) is 1. The lowest BCUT2D eigenvalue weighted by atomic mass is 9.84. The van der Waals surface area contributed by atoms with Crippen LogP contribution in [0.25, 0.3) is 0 Å². The second-order valence-electron chi connectivity index (χ2n) is 5.93. The molecule has 0 aromatic heterocycles. The van der Waals surface area contributed by atoms with E-state index in [4.69, 9.17) is 4.74 Å². The number of carbonyl (C=O) groups is 1. The van der Waals surface area contributed by atoms with Crippen LogP contribution in [0, 0.1) is 17.3 Å². The van der Waals surface area contributed by atoms with E-state index < -0.39 is 5.60 Å². The zero-order valence-corrected chi connectivity index (χ0v) is 9.91. The van der Waals surface area contributed by atoms with Gasteiger partial charge in [-0.25, -0.2) is 0 Å². The number of hydrogen-bond acceptors (Lipinski definition) is 3. The highest BCUT2D eigenvalue weighted by molar-refractivity contribution is 5.66. The van der Waals surface area contributed by atoms with Gasteiger partial charge in [0.2, 0.25) is 0 Å². The van der Waals surface area contributed by atoms with Crippen molar-refractivity contribution in [1.29, 1.82) is 0 Å². The molecule has 2 aliphatic carbocycles. The van der Waals surface area contributed by atoms with Gasteiger partial charge >= 0.3 is 5.97 Å². The fraction of sp³-hybridized carbons (Fsp3) is 0.917. The zero-order valence-electron chi connectivity index (χ0n) is 9.91. The highest BCUT2D eigenvalue weighted by Gasteiger charge is 2.64. The Morgan fingerprint density at radius 2 is 1.93 bits per heavy atom. The Bertz CT molecular complexity index is 293. The van der Waals surface area contributed by atoms with Gasteiger partial charge in [-0.15, -0.1) is 0 Å². The SMILES string of the molecule is CC(=O)O[C@H]1C[C@H]2[C@@H](C[C@]1(C)O)C2(C)C. The standard InChI is InChI=1S/C12H20O3/c1-7(13)15-10-5-8-9(11(8,2)3)6-12(10,4)14/h8-10,14H,5-6H2,1-4H3/t8-,9+,10-,12-/m0/s1. The summed E-state index contributed by atoms with van der Waals surface area (Å²) < 4.78 is 5.21. The Labute approximate surface area is 90.8 Å². The Hall–Kier alpha value is -0.570. The predicted molar refractivity (Wildman–Crippen MR) is 56.2 cm³/mol. The van der Waals surface area contributed by atoms with Crippen LogP contribution in [-0.2, 0) is 9.53 Å². The maximum Gasteiger partial charge on any atom is 0.303 e. The zero-order chi connectivity index (χ0) is 11.4. The maximum atomic E-state index is 10.9. The third-order valence-electron chi connectivity index (χ3n) is 4.39. The number of fused-ring (bicyclic) bond motifs is 1. The van der Waals surface area contributed by atoms with Gasteiger partial charge in [0.25, 0.3) is 0 Å². The summed E-state index contributed by atoms with van der Waals surface area (Å²) in [5.74, 6) is 0.915. The smallest absolute Gasteiger partial charge is 0.303 e. The minimum absolute atomic E-state index is 0.294. The molecule has 15 heavy (non-hydrogen) atoms. The average Bonchev–Trinajstić information content (AvgIpc) is 2.52. The summed E-state index contributed by atoms with van der Waals surface area (Å²) in [6.07, 6.45) is 1.24. The van der Waals surface area contributed by atoms with Crippen LogP contribution < -0.4 is 0 Å². The lowest BCUT2D eigenvalue weighted by Crippen LogP contribution is -2.45. The fourth-order valence-corrected chi connectivity index (χ4v) is 3.17. The van der Waals surface area contributed by atoms with Gasteiger partial charge in [-0.2, -0.15) is 0 Å². The summed E-state index contributed by atoms with van der Waals surface area (Å²) >= 11 is 0. The summed E-state index contributed by atoms with van der Waals surface area (Å²) in [6, 6.07) is 0. The van der Waals surface area contributed by atoms with E-state index in [1.165, 1.54) is 6.92 Å². The molecule has 2 rings (SSSR count). The Balaban J connectivity index is 2.10. The van der Waals surface area contributed by atoms with Crippen molar-refractivity contribution in [3.05, 3.63) is 0 Å². The normalized spacial score (nSPS) is 46.9. The van der Waals surface area contributed by atoms with E-state index in [-0.39, 0.29) is 12.1 Å². The highest BCUT2D eigenvalue weighted by Crippen LogP contribution is 2.66. The molecule has 0 bridgehead atoms. The molecule has 0 spiro atoms. The lowest BCUT2D eigenvalue weighted by molar-refractivity contribution is -0.166. The first-order valence-corrected chi connectivity index (χ1v) is 5.65. The van der Waals surface area contributed by atoms with Crippen molar-refractivity contribution in [3.8, 4) is 0 Å². The van der Waals surface area contributed by atoms with Crippen molar-refractivity contribution in [2.75, 3.05) is 0 Å². The van der Waals surface area contributed by atoms with Crippen LogP contribution in [-0.4, -0.2) is 22.8 Å². The van der Waals surface area contributed by atoms with E-state index >= 15 is 0 Å². The molecule has 0 heterocycles. The monoisotopic (exact) mass is 212 g/mol. The Morgan fingerprint density at radius 3 is 2.47 bits per heavy atom. The number of esters is 1. The fourth-order valence-electron chi connectivity index (χ4n) is 3.17. The van der Waals surface area contributed by atoms with Crippen LogP contribution in [0.4, 0.5) is 0 Å². The Morgan fingerprint density at radius 1 is 1.33 bits per heavy atom. The van der Waals surface area contributed by atoms with Gasteiger partial charge in [0, 0.05) is 6.92 Å². The Kier molecular flexibility index (Phi) is 2.16. The molecule has 2 saturated carbocycles. The third kappa shape index (κ3) is 1.67. The van der Waals surface area contributed by atoms with Crippen LogP contribution in [0.2, 0.25) is 0 Å². The molecule has 0 aromatic rings. The second-order valence-corrected chi connectivity index (χ2v) is 5.93. The molecule has 0 radical (unpaired) electrons. The largest absolute Gasteiger partial charge is 0.459 e. The second kappa shape index (κ2) is 2.97. The maximum absolute atomic E-state index is 10.9. The summed E-state index contributed by atoms with van der Waals surface area (Å²) in [7, 11) is 0. The van der Waals surface area contributed by atoms with Gasteiger partial charge in [-0.3, -0.25) is 4.79 Å². The van der Waals surface area contributed by atoms with Crippen molar-refractivity contribution < 1.29 is 14.6 Å². The van der Waals surface area contributed by atoms with Gasteiger partial charge in [0.15, 0.2) is 0 Å². The molecule has 3 heteroatoms. The van der Waals surface area contributed by atoms with Crippen molar-refractivity contribution in [2.24, 2.45) is 17.3 Å². The third-order valence-corrected chi connectivity index (χ3v) is 4.39. The minimum Gasteiger partial charge on any atom is -0.459 e. The lowest BCUT2D eigenvalue weighted by Gasteiger charge is -2.35. The van der Waals surface area contributed by atoms with Gasteiger partial charge in [0.05, 0.1) is 5.60 Å². The predicted octanol–water partition coefficient (Wildman–Crippen LogP) is 1.74. The molecule has 0 amide bonds. The van der Waals surface area contributed by atoms with Crippen molar-refractivity contribution in [2.45, 2.75) is 52.2 Å². The first-order chi connectivity index (χ1) is 6.75. The van der Waals surface area contributed by atoms with Crippen molar-refractivity contribution >= 4 is 5.97 Å². The molecule has 4 atom stereocenters. The number of carbonyl (C=O) groups excluding carboxylic acids is 1. The van der Waals surface area contributed by atoms with E-state index in [0.717, 1.165) is 12.8 Å². The average molecular weight is 212 g/mol. The van der Waals surface area contributed by atoms with Crippen molar-refractivity contribution in [1.82, 2.24) is 0 Å². The topological polar surface area (TPSA) is 46.5 Å². The molecular weight excluding hydrogens is 192 g/mol.